The summed E-state index contributed by atoms with van der Waals surface area (Å²) < 4.78 is 40.6. The first-order valence-electron chi connectivity index (χ1n) is 9.19. The maximum atomic E-state index is 13.9. The molecule has 144 valence electrons. The summed E-state index contributed by atoms with van der Waals surface area (Å²) in [5.41, 5.74) is 0. The van der Waals surface area contributed by atoms with Crippen LogP contribution in [0.4, 0.5) is 4.39 Å². The summed E-state index contributed by atoms with van der Waals surface area (Å²) in [5, 5.41) is 4.16. The molecule has 3 rings (SSSR count). The van der Waals surface area contributed by atoms with Crippen molar-refractivity contribution in [1.29, 1.82) is 0 Å². The van der Waals surface area contributed by atoms with E-state index in [1.54, 1.807) is 0 Å². The zero-order valence-electron chi connectivity index (χ0n) is 15.0. The van der Waals surface area contributed by atoms with Gasteiger partial charge in [-0.1, -0.05) is 31.9 Å². The fourth-order valence-electron chi connectivity index (χ4n) is 3.71. The number of nitrogens with zero attached hydrogens (tertiary/aromatic N) is 2. The zero-order valence-corrected chi connectivity index (χ0v) is 16.7. The maximum absolute atomic E-state index is 13.9. The van der Waals surface area contributed by atoms with Crippen molar-refractivity contribution in [3.8, 4) is 0 Å². The molecule has 5 nitrogen and oxygen atoms in total. The molecular weight excluding hydrogens is 373 g/mol. The average molecular weight is 400 g/mol. The Balaban J connectivity index is 1.58. The third-order valence-corrected chi connectivity index (χ3v) is 7.71. The topological polar surface area (TPSA) is 52.6 Å². The van der Waals surface area contributed by atoms with E-state index < -0.39 is 15.8 Å². The van der Waals surface area contributed by atoms with Gasteiger partial charge in [0.15, 0.2) is 5.11 Å². The smallest absolute Gasteiger partial charge is 0.246 e. The van der Waals surface area contributed by atoms with Gasteiger partial charge < -0.3 is 10.2 Å². The largest absolute Gasteiger partial charge is 0.360 e. The molecule has 26 heavy (non-hydrogen) atoms. The fourth-order valence-corrected chi connectivity index (χ4v) is 5.53. The van der Waals surface area contributed by atoms with Crippen molar-refractivity contribution in [3.63, 3.8) is 0 Å². The van der Waals surface area contributed by atoms with E-state index in [4.69, 9.17) is 12.2 Å². The summed E-state index contributed by atoms with van der Waals surface area (Å²) in [6.07, 6.45) is 4.84. The third-order valence-electron chi connectivity index (χ3n) is 5.40. The maximum Gasteiger partial charge on any atom is 0.246 e. The number of thiocarbonyl (C=S) groups is 1. The van der Waals surface area contributed by atoms with Gasteiger partial charge in [0, 0.05) is 32.2 Å². The van der Waals surface area contributed by atoms with Crippen molar-refractivity contribution in [3.05, 3.63) is 30.1 Å². The van der Waals surface area contributed by atoms with Gasteiger partial charge in [0.05, 0.1) is 0 Å². The molecule has 1 aliphatic carbocycles. The molecule has 2 atom stereocenters. The summed E-state index contributed by atoms with van der Waals surface area (Å²) in [5.74, 6) is -0.108. The van der Waals surface area contributed by atoms with Crippen LogP contribution < -0.4 is 5.32 Å². The Hall–Kier alpha value is -1.25. The predicted molar refractivity (Wildman–Crippen MR) is 104 cm³/mol. The summed E-state index contributed by atoms with van der Waals surface area (Å²) in [7, 11) is -3.81. The highest BCUT2D eigenvalue weighted by molar-refractivity contribution is 7.89. The van der Waals surface area contributed by atoms with Crippen LogP contribution in [0, 0.1) is 11.7 Å². The molecule has 0 unspecified atom stereocenters. The molecule has 1 saturated carbocycles. The second-order valence-electron chi connectivity index (χ2n) is 7.14. The van der Waals surface area contributed by atoms with E-state index in [0.717, 1.165) is 6.42 Å². The third kappa shape index (κ3) is 4.18. The summed E-state index contributed by atoms with van der Waals surface area (Å²) in [4.78, 5) is 1.76. The molecule has 1 aromatic rings. The van der Waals surface area contributed by atoms with Crippen LogP contribution in [-0.4, -0.2) is 55.0 Å². The molecule has 8 heteroatoms. The number of piperazine rings is 1. The van der Waals surface area contributed by atoms with Crippen LogP contribution in [0.15, 0.2) is 29.2 Å². The Morgan fingerprint density at radius 3 is 2.46 bits per heavy atom. The van der Waals surface area contributed by atoms with Gasteiger partial charge in [-0.05, 0) is 43.1 Å². The van der Waals surface area contributed by atoms with E-state index in [1.807, 2.05) is 4.90 Å². The van der Waals surface area contributed by atoms with Crippen molar-refractivity contribution in [2.24, 2.45) is 5.92 Å². The van der Waals surface area contributed by atoms with E-state index >= 15 is 0 Å². The minimum absolute atomic E-state index is 0.259. The Kier molecular flexibility index (Phi) is 6.14. The molecule has 1 saturated heterocycles. The standard InChI is InChI=1S/C18H26FN3O2S2/c1-14-6-2-4-8-16(14)20-18(25)21-10-12-22(13-11-21)26(23,24)17-9-5-3-7-15(17)19/h3,5,7,9,14,16H,2,4,6,8,10-13H2,1H3,(H,20,25)/t14-,16+/m1/s1. The van der Waals surface area contributed by atoms with Crippen molar-refractivity contribution < 1.29 is 12.8 Å². The molecule has 0 aromatic heterocycles. The van der Waals surface area contributed by atoms with Gasteiger partial charge in [0.25, 0.3) is 0 Å². The number of halogens is 1. The van der Waals surface area contributed by atoms with Crippen molar-refractivity contribution in [2.45, 2.75) is 43.5 Å². The number of rotatable bonds is 3. The van der Waals surface area contributed by atoms with E-state index in [2.05, 4.69) is 12.2 Å². The van der Waals surface area contributed by atoms with Crippen LogP contribution in [-0.2, 0) is 10.0 Å². The highest BCUT2D eigenvalue weighted by Crippen LogP contribution is 2.24. The highest BCUT2D eigenvalue weighted by Gasteiger charge is 2.31. The van der Waals surface area contributed by atoms with Crippen LogP contribution in [0.25, 0.3) is 0 Å². The van der Waals surface area contributed by atoms with Gasteiger partial charge in [-0.3, -0.25) is 0 Å². The lowest BCUT2D eigenvalue weighted by molar-refractivity contribution is 0.251. The van der Waals surface area contributed by atoms with Gasteiger partial charge >= 0.3 is 0 Å². The summed E-state index contributed by atoms with van der Waals surface area (Å²) >= 11 is 5.54. The van der Waals surface area contributed by atoms with Gasteiger partial charge in [0.2, 0.25) is 10.0 Å². The lowest BCUT2D eigenvalue weighted by Gasteiger charge is -2.38. The second kappa shape index (κ2) is 8.19. The first kappa shape index (κ1) is 19.5. The average Bonchev–Trinajstić information content (AvgIpc) is 2.64. The van der Waals surface area contributed by atoms with Crippen LogP contribution >= 0.6 is 12.2 Å². The predicted octanol–water partition coefficient (Wildman–Crippen LogP) is 2.59. The SMILES string of the molecule is C[C@@H]1CCCC[C@@H]1NC(=S)N1CCN(S(=O)(=O)c2ccccc2F)CC1. The lowest BCUT2D eigenvalue weighted by atomic mass is 9.86. The molecule has 0 amide bonds. The van der Waals surface area contributed by atoms with E-state index in [9.17, 15) is 12.8 Å². The number of benzene rings is 1. The highest BCUT2D eigenvalue weighted by atomic mass is 32.2. The Morgan fingerprint density at radius 1 is 1.15 bits per heavy atom. The fraction of sp³-hybridized carbons (Fsp3) is 0.611. The van der Waals surface area contributed by atoms with Gasteiger partial charge in [-0.15, -0.1) is 0 Å². The summed E-state index contributed by atoms with van der Waals surface area (Å²) in [6, 6.07) is 5.91. The molecule has 0 radical (unpaired) electrons. The van der Waals surface area contributed by atoms with Crippen molar-refractivity contribution >= 4 is 27.4 Å². The van der Waals surface area contributed by atoms with Crippen molar-refractivity contribution in [2.75, 3.05) is 26.2 Å². The molecular formula is C18H26FN3O2S2. The number of hydrogen-bond donors (Lipinski definition) is 1. The monoisotopic (exact) mass is 399 g/mol. The molecule has 0 bridgehead atoms. The molecule has 0 spiro atoms. The molecule has 1 aliphatic heterocycles. The lowest BCUT2D eigenvalue weighted by Crippen LogP contribution is -2.55. The van der Waals surface area contributed by atoms with E-state index in [-0.39, 0.29) is 4.90 Å². The molecule has 1 heterocycles. The van der Waals surface area contributed by atoms with Gasteiger partial charge in [-0.2, -0.15) is 4.31 Å². The minimum Gasteiger partial charge on any atom is -0.360 e. The zero-order chi connectivity index (χ0) is 18.7. The van der Waals surface area contributed by atoms with Crippen LogP contribution in [0.3, 0.4) is 0 Å². The first-order chi connectivity index (χ1) is 12.4. The van der Waals surface area contributed by atoms with Crippen LogP contribution in [0.1, 0.15) is 32.6 Å². The van der Waals surface area contributed by atoms with Crippen LogP contribution in [0.5, 0.6) is 0 Å². The molecule has 2 aliphatic rings. The van der Waals surface area contributed by atoms with Crippen molar-refractivity contribution in [1.82, 2.24) is 14.5 Å². The Bertz CT molecular complexity index is 749. The number of nitrogens with one attached hydrogen (secondary N) is 1. The normalized spacial score (nSPS) is 25.1. The number of hydrogen-bond acceptors (Lipinski definition) is 3. The minimum atomic E-state index is -3.81. The number of sulfonamides is 1. The van der Waals surface area contributed by atoms with E-state index in [0.29, 0.717) is 43.3 Å². The molecule has 1 N–H and O–H groups in total. The quantitative estimate of drug-likeness (QED) is 0.792. The van der Waals surface area contributed by atoms with E-state index in [1.165, 1.54) is 47.8 Å². The second-order valence-corrected chi connectivity index (χ2v) is 9.43. The summed E-state index contributed by atoms with van der Waals surface area (Å²) in [6.45, 7) is 3.89. The molecule has 2 fully saturated rings. The van der Waals surface area contributed by atoms with Gasteiger partial charge in [0.1, 0.15) is 10.7 Å². The Morgan fingerprint density at radius 2 is 1.81 bits per heavy atom. The van der Waals surface area contributed by atoms with Crippen LogP contribution in [0.2, 0.25) is 0 Å². The molecule has 1 aromatic carbocycles. The first-order valence-corrected chi connectivity index (χ1v) is 11.0. The van der Waals surface area contributed by atoms with Gasteiger partial charge in [-0.25, -0.2) is 12.8 Å². The Labute approximate surface area is 160 Å².